The highest BCUT2D eigenvalue weighted by Gasteiger charge is 2.16. The van der Waals surface area contributed by atoms with E-state index in [1.807, 2.05) is 38.2 Å². The summed E-state index contributed by atoms with van der Waals surface area (Å²) in [6.45, 7) is 1.96. The molecule has 0 spiro atoms. The molecular formula is C15H20ClN3O. The molecule has 0 saturated carbocycles. The number of halogens is 1. The monoisotopic (exact) mass is 293 g/mol. The molecule has 0 aliphatic rings. The summed E-state index contributed by atoms with van der Waals surface area (Å²) in [6.07, 6.45) is 1.45. The van der Waals surface area contributed by atoms with Crippen LogP contribution in [0, 0.1) is 6.92 Å². The summed E-state index contributed by atoms with van der Waals surface area (Å²) < 4.78 is 7.03. The number of para-hydroxylation sites is 1. The fourth-order valence-corrected chi connectivity index (χ4v) is 2.65. The van der Waals surface area contributed by atoms with Gasteiger partial charge in [-0.15, -0.1) is 0 Å². The van der Waals surface area contributed by atoms with Crippen molar-refractivity contribution in [1.82, 2.24) is 9.78 Å². The Morgan fingerprint density at radius 3 is 2.65 bits per heavy atom. The molecule has 0 saturated heterocycles. The largest absolute Gasteiger partial charge is 0.496 e. The molecule has 0 aliphatic carbocycles. The summed E-state index contributed by atoms with van der Waals surface area (Å²) in [5, 5.41) is 4.97. The second-order valence-electron chi connectivity index (χ2n) is 4.96. The van der Waals surface area contributed by atoms with Crippen LogP contribution in [0.2, 0.25) is 5.15 Å². The number of rotatable bonds is 5. The number of ether oxygens (including phenoxy) is 1. The maximum Gasteiger partial charge on any atom is 0.130 e. The Hall–Kier alpha value is -1.52. The molecule has 2 aromatic rings. The van der Waals surface area contributed by atoms with Gasteiger partial charge in [-0.2, -0.15) is 5.10 Å². The summed E-state index contributed by atoms with van der Waals surface area (Å²) in [7, 11) is 3.51. The minimum atomic E-state index is -0.0216. The number of nitrogens with two attached hydrogens (primary N) is 1. The highest BCUT2D eigenvalue weighted by molar-refractivity contribution is 6.30. The normalized spacial score (nSPS) is 12.4. The van der Waals surface area contributed by atoms with E-state index in [9.17, 15) is 0 Å². The number of hydrogen-bond donors (Lipinski definition) is 1. The van der Waals surface area contributed by atoms with Gasteiger partial charge in [-0.05, 0) is 31.4 Å². The van der Waals surface area contributed by atoms with Gasteiger partial charge in [0.1, 0.15) is 10.9 Å². The van der Waals surface area contributed by atoms with E-state index in [1.54, 1.807) is 11.8 Å². The molecule has 20 heavy (non-hydrogen) atoms. The van der Waals surface area contributed by atoms with E-state index >= 15 is 0 Å². The van der Waals surface area contributed by atoms with E-state index in [2.05, 4.69) is 5.10 Å². The van der Waals surface area contributed by atoms with Crippen molar-refractivity contribution in [3.8, 4) is 5.75 Å². The van der Waals surface area contributed by atoms with E-state index in [1.165, 1.54) is 0 Å². The third kappa shape index (κ3) is 3.14. The quantitative estimate of drug-likeness (QED) is 0.921. The summed E-state index contributed by atoms with van der Waals surface area (Å²) in [5.74, 6) is 0.872. The Balaban J connectivity index is 2.11. The molecule has 4 nitrogen and oxygen atoms in total. The van der Waals surface area contributed by atoms with Crippen LogP contribution in [-0.4, -0.2) is 22.9 Å². The maximum absolute atomic E-state index is 6.26. The van der Waals surface area contributed by atoms with Crippen LogP contribution in [0.15, 0.2) is 24.3 Å². The molecule has 1 unspecified atom stereocenters. The maximum atomic E-state index is 6.26. The zero-order valence-electron chi connectivity index (χ0n) is 12.1. The van der Waals surface area contributed by atoms with Crippen LogP contribution in [0.1, 0.15) is 16.8 Å². The minimum absolute atomic E-state index is 0.0216. The first-order valence-electron chi connectivity index (χ1n) is 6.58. The second-order valence-corrected chi connectivity index (χ2v) is 5.32. The first-order chi connectivity index (χ1) is 9.52. The topological polar surface area (TPSA) is 53.1 Å². The molecular weight excluding hydrogens is 274 g/mol. The van der Waals surface area contributed by atoms with Crippen LogP contribution in [-0.2, 0) is 19.9 Å². The van der Waals surface area contributed by atoms with Gasteiger partial charge < -0.3 is 10.5 Å². The minimum Gasteiger partial charge on any atom is -0.496 e. The van der Waals surface area contributed by atoms with Gasteiger partial charge in [0.25, 0.3) is 0 Å². The highest BCUT2D eigenvalue weighted by atomic mass is 35.5. The Kier molecular flexibility index (Phi) is 4.68. The molecule has 0 aliphatic heterocycles. The van der Waals surface area contributed by atoms with Crippen molar-refractivity contribution in [2.75, 3.05) is 7.11 Å². The predicted molar refractivity (Wildman–Crippen MR) is 81.3 cm³/mol. The lowest BCUT2D eigenvalue weighted by atomic mass is 9.99. The Bertz CT molecular complexity index is 595. The average molecular weight is 294 g/mol. The molecule has 1 heterocycles. The van der Waals surface area contributed by atoms with Gasteiger partial charge in [-0.1, -0.05) is 29.8 Å². The molecule has 0 amide bonds. The van der Waals surface area contributed by atoms with Gasteiger partial charge >= 0.3 is 0 Å². The van der Waals surface area contributed by atoms with E-state index in [0.29, 0.717) is 11.6 Å². The summed E-state index contributed by atoms with van der Waals surface area (Å²) >= 11 is 6.24. The molecule has 108 valence electrons. The molecule has 5 heteroatoms. The third-order valence-corrected chi connectivity index (χ3v) is 3.88. The molecule has 0 radical (unpaired) electrons. The van der Waals surface area contributed by atoms with Crippen LogP contribution in [0.5, 0.6) is 5.75 Å². The number of aryl methyl sites for hydroxylation is 2. The van der Waals surface area contributed by atoms with Gasteiger partial charge in [-0.3, -0.25) is 4.68 Å². The molecule has 1 aromatic carbocycles. The fourth-order valence-electron chi connectivity index (χ4n) is 2.39. The van der Waals surface area contributed by atoms with Gasteiger partial charge in [0.15, 0.2) is 0 Å². The summed E-state index contributed by atoms with van der Waals surface area (Å²) in [6, 6.07) is 7.91. The van der Waals surface area contributed by atoms with Crippen LogP contribution < -0.4 is 10.5 Å². The van der Waals surface area contributed by atoms with Crippen LogP contribution in [0.25, 0.3) is 0 Å². The first-order valence-corrected chi connectivity index (χ1v) is 6.96. The van der Waals surface area contributed by atoms with Crippen molar-refractivity contribution in [3.05, 3.63) is 46.2 Å². The fraction of sp³-hybridized carbons (Fsp3) is 0.400. The lowest BCUT2D eigenvalue weighted by molar-refractivity contribution is 0.408. The Labute approximate surface area is 124 Å². The lowest BCUT2D eigenvalue weighted by Crippen LogP contribution is -2.26. The third-order valence-electron chi connectivity index (χ3n) is 3.41. The van der Waals surface area contributed by atoms with Gasteiger partial charge in [0.05, 0.1) is 12.8 Å². The van der Waals surface area contributed by atoms with Gasteiger partial charge in [0.2, 0.25) is 0 Å². The van der Waals surface area contributed by atoms with Crippen molar-refractivity contribution >= 4 is 11.6 Å². The molecule has 2 rings (SSSR count). The first kappa shape index (κ1) is 14.9. The van der Waals surface area contributed by atoms with E-state index in [-0.39, 0.29) is 6.04 Å². The SMILES string of the molecule is COc1ccccc1CC(N)Cc1c(C)nn(C)c1Cl. The number of hydrogen-bond acceptors (Lipinski definition) is 3. The van der Waals surface area contributed by atoms with Crippen molar-refractivity contribution in [2.24, 2.45) is 12.8 Å². The van der Waals surface area contributed by atoms with Crippen LogP contribution >= 0.6 is 11.6 Å². The predicted octanol–water partition coefficient (Wildman–Crippen LogP) is 2.50. The number of nitrogens with zero attached hydrogens (tertiary/aromatic N) is 2. The van der Waals surface area contributed by atoms with Crippen molar-refractivity contribution in [1.29, 1.82) is 0 Å². The Morgan fingerprint density at radius 1 is 1.35 bits per heavy atom. The zero-order chi connectivity index (χ0) is 14.7. The van der Waals surface area contributed by atoms with Crippen molar-refractivity contribution in [2.45, 2.75) is 25.8 Å². The summed E-state index contributed by atoms with van der Waals surface area (Å²) in [4.78, 5) is 0. The number of methoxy groups -OCH3 is 1. The Morgan fingerprint density at radius 2 is 2.05 bits per heavy atom. The highest BCUT2D eigenvalue weighted by Crippen LogP contribution is 2.23. The molecule has 0 fully saturated rings. The van der Waals surface area contributed by atoms with Crippen LogP contribution in [0.3, 0.4) is 0 Å². The van der Waals surface area contributed by atoms with Crippen LogP contribution in [0.4, 0.5) is 0 Å². The van der Waals surface area contributed by atoms with E-state index in [4.69, 9.17) is 22.1 Å². The van der Waals surface area contributed by atoms with E-state index < -0.39 is 0 Å². The second kappa shape index (κ2) is 6.29. The number of benzene rings is 1. The summed E-state index contributed by atoms with van der Waals surface area (Å²) in [5.41, 5.74) is 9.33. The van der Waals surface area contributed by atoms with Gasteiger partial charge in [-0.25, -0.2) is 0 Å². The van der Waals surface area contributed by atoms with Gasteiger partial charge in [0, 0.05) is 18.7 Å². The molecule has 1 aromatic heterocycles. The van der Waals surface area contributed by atoms with Crippen molar-refractivity contribution < 1.29 is 4.74 Å². The zero-order valence-corrected chi connectivity index (χ0v) is 12.8. The smallest absolute Gasteiger partial charge is 0.130 e. The van der Waals surface area contributed by atoms with E-state index in [0.717, 1.165) is 29.0 Å². The lowest BCUT2D eigenvalue weighted by Gasteiger charge is -2.14. The molecule has 0 bridgehead atoms. The average Bonchev–Trinajstić information content (AvgIpc) is 2.66. The molecule has 1 atom stereocenters. The standard InChI is InChI=1S/C15H20ClN3O/c1-10-13(15(16)19(2)18-10)9-12(17)8-11-6-4-5-7-14(11)20-3/h4-7,12H,8-9,17H2,1-3H3. The number of aromatic nitrogens is 2. The molecule has 2 N–H and O–H groups in total. The van der Waals surface area contributed by atoms with Crippen molar-refractivity contribution in [3.63, 3.8) is 0 Å².